The fourth-order valence-electron chi connectivity index (χ4n) is 6.41. The van der Waals surface area contributed by atoms with Crippen LogP contribution in [-0.4, -0.2) is 42.2 Å². The van der Waals surface area contributed by atoms with Crippen molar-refractivity contribution in [3.8, 4) is 0 Å². The summed E-state index contributed by atoms with van der Waals surface area (Å²) in [6.45, 7) is 3.19. The average molecular weight is 562 g/mol. The average Bonchev–Trinajstić information content (AvgIpc) is 2.90. The fourth-order valence-corrected chi connectivity index (χ4v) is 6.41. The van der Waals surface area contributed by atoms with E-state index in [-0.39, 0.29) is 13.1 Å². The second kappa shape index (κ2) is 15.5. The van der Waals surface area contributed by atoms with Crippen LogP contribution in [0, 0.1) is 0 Å². The molecule has 5 nitrogen and oxygen atoms in total. The molecule has 3 fully saturated rings. The third-order valence-electron chi connectivity index (χ3n) is 8.22. The minimum Gasteiger partial charge on any atom is -0.662 e. The first kappa shape index (κ1) is 28.1. The Bertz CT molecular complexity index is 700. The summed E-state index contributed by atoms with van der Waals surface area (Å²) in [4.78, 5) is 5.07. The van der Waals surface area contributed by atoms with Crippen LogP contribution in [0.4, 0.5) is 0 Å². The molecule has 8 heteroatoms. The van der Waals surface area contributed by atoms with E-state index in [0.717, 1.165) is 37.6 Å². The molecule has 2 bridgehead atoms. The molecule has 5 rings (SSSR count). The van der Waals surface area contributed by atoms with Crippen LogP contribution in [0.3, 0.4) is 0 Å². The number of rotatable bonds is 1. The zero-order chi connectivity index (χ0) is 24.3. The summed E-state index contributed by atoms with van der Waals surface area (Å²) in [5, 5.41) is 20.5. The molecular formula is C27H41Cl2MnN5-4. The molecule has 0 saturated heterocycles. The van der Waals surface area contributed by atoms with Gasteiger partial charge in [-0.3, -0.25) is 4.98 Å². The van der Waals surface area contributed by atoms with Crippen LogP contribution in [0.1, 0.15) is 106 Å². The van der Waals surface area contributed by atoms with Crippen molar-refractivity contribution in [2.45, 2.75) is 127 Å². The number of pyridine rings is 1. The summed E-state index contributed by atoms with van der Waals surface area (Å²) in [5.74, 6) is 0.696. The number of fused-ring (bicyclic) bond motifs is 4. The van der Waals surface area contributed by atoms with Gasteiger partial charge in [-0.25, -0.2) is 0 Å². The predicted molar refractivity (Wildman–Crippen MR) is 144 cm³/mol. The first-order valence-corrected chi connectivity index (χ1v) is 17.0. The Balaban J connectivity index is 0.000000917. The molecule has 1 aromatic heterocycles. The van der Waals surface area contributed by atoms with Crippen molar-refractivity contribution in [1.29, 1.82) is 0 Å². The third kappa shape index (κ3) is 8.82. The molecule has 0 amide bonds. The Labute approximate surface area is 227 Å². The molecule has 0 radical (unpaired) electrons. The minimum absolute atomic E-state index is 0.00694. The fraction of sp³-hybridized carbons (Fsp3) is 0.815. The smallest absolute Gasteiger partial charge is 0.0204 e. The number of nitrogens with zero attached hydrogens (tertiary/aromatic N) is 5. The Morgan fingerprint density at radius 2 is 1.00 bits per heavy atom. The Kier molecular flexibility index (Phi) is 12.4. The van der Waals surface area contributed by atoms with Gasteiger partial charge in [-0.1, -0.05) is 70.6 Å². The van der Waals surface area contributed by atoms with Crippen LogP contribution in [0.25, 0.3) is 21.3 Å². The molecule has 35 heavy (non-hydrogen) atoms. The maximum atomic E-state index is 5.17. The summed E-state index contributed by atoms with van der Waals surface area (Å²) in [6, 6.07) is 6.24. The Morgan fingerprint density at radius 3 is 1.46 bits per heavy atom. The van der Waals surface area contributed by atoms with Crippen LogP contribution >= 0.6 is 20.2 Å². The van der Waals surface area contributed by atoms with Gasteiger partial charge in [0.15, 0.2) is 0 Å². The van der Waals surface area contributed by atoms with Gasteiger partial charge in [-0.15, -0.1) is 13.1 Å². The SMILES string of the molecule is [Cl][Mn][Cl].c1c(C2CCCCC2)cc2nc1C[N-]C1CCCCC1[N-]CC[N-][C@@H]1CCCC[C@H]1[N-]C2. The van der Waals surface area contributed by atoms with Gasteiger partial charge in [0, 0.05) is 11.4 Å². The molecule has 3 aliphatic carbocycles. The van der Waals surface area contributed by atoms with Crippen LogP contribution in [0.2, 0.25) is 0 Å². The maximum absolute atomic E-state index is 5.17. The molecule has 1 aromatic rings. The molecular weight excluding hydrogens is 520 g/mol. The second-order valence-electron chi connectivity index (χ2n) is 10.6. The molecule has 0 aromatic carbocycles. The molecule has 2 heterocycles. The van der Waals surface area contributed by atoms with Crippen molar-refractivity contribution < 1.29 is 13.1 Å². The van der Waals surface area contributed by atoms with Crippen LogP contribution in [0.15, 0.2) is 12.1 Å². The van der Waals surface area contributed by atoms with Gasteiger partial charge < -0.3 is 21.3 Å². The summed E-state index contributed by atoms with van der Waals surface area (Å²) < 4.78 is 0. The van der Waals surface area contributed by atoms with Gasteiger partial charge in [0.05, 0.1) is 0 Å². The molecule has 1 aliphatic heterocycles. The zero-order valence-corrected chi connectivity index (χ0v) is 23.6. The molecule has 4 aliphatic rings. The normalized spacial score (nSPS) is 31.0. The minimum atomic E-state index is 0.00694. The van der Waals surface area contributed by atoms with E-state index in [2.05, 4.69) is 12.1 Å². The van der Waals surface area contributed by atoms with Crippen molar-refractivity contribution in [3.63, 3.8) is 0 Å². The van der Waals surface area contributed by atoms with E-state index in [1.54, 1.807) is 0 Å². The largest absolute Gasteiger partial charge is 0.662 e. The molecule has 3 saturated carbocycles. The van der Waals surface area contributed by atoms with Crippen LogP contribution in [-0.2, 0) is 26.2 Å². The van der Waals surface area contributed by atoms with Crippen molar-refractivity contribution in [1.82, 2.24) is 4.98 Å². The van der Waals surface area contributed by atoms with Crippen LogP contribution < -0.4 is 0 Å². The third-order valence-corrected chi connectivity index (χ3v) is 8.22. The molecule has 0 N–H and O–H groups in total. The van der Waals surface area contributed by atoms with Crippen molar-refractivity contribution in [2.75, 3.05) is 13.1 Å². The quantitative estimate of drug-likeness (QED) is 0.317. The van der Waals surface area contributed by atoms with Crippen molar-refractivity contribution in [3.05, 3.63) is 50.4 Å². The van der Waals surface area contributed by atoms with Crippen LogP contribution in [0.5, 0.6) is 0 Å². The number of hydrogen-bond acceptors (Lipinski definition) is 1. The van der Waals surface area contributed by atoms with E-state index < -0.39 is 0 Å². The van der Waals surface area contributed by atoms with Gasteiger partial charge in [0.2, 0.25) is 0 Å². The van der Waals surface area contributed by atoms with Crippen molar-refractivity contribution in [2.24, 2.45) is 0 Å². The summed E-state index contributed by atoms with van der Waals surface area (Å²) >= 11 is 0.00694. The van der Waals surface area contributed by atoms with E-state index in [1.807, 2.05) is 0 Å². The molecule has 4 atom stereocenters. The maximum Gasteiger partial charge on any atom is 0.0204 e. The first-order chi connectivity index (χ1) is 17.3. The zero-order valence-electron chi connectivity index (χ0n) is 20.9. The van der Waals surface area contributed by atoms with Gasteiger partial charge in [0.25, 0.3) is 0 Å². The molecule has 199 valence electrons. The summed E-state index contributed by atoms with van der Waals surface area (Å²) in [6.07, 6.45) is 16.7. The number of aromatic nitrogens is 1. The predicted octanol–water partition coefficient (Wildman–Crippen LogP) is 8.64. The summed E-state index contributed by atoms with van der Waals surface area (Å²) in [5.41, 5.74) is 3.80. The Hall–Kier alpha value is 0.0895. The van der Waals surface area contributed by atoms with Gasteiger partial charge >= 0.3 is 33.3 Å². The number of halogens is 2. The van der Waals surface area contributed by atoms with E-state index in [0.29, 0.717) is 30.1 Å². The molecule has 2 unspecified atom stereocenters. The van der Waals surface area contributed by atoms with Gasteiger partial charge in [-0.2, -0.15) is 37.3 Å². The Morgan fingerprint density at radius 1 is 0.600 bits per heavy atom. The standard InChI is InChI=1S/C27H41N5.2ClH.Mn/c1-2-8-20(9-3-1)21-16-22-18-30-26-12-6-4-10-24(26)28-14-15-29-25-11-5-7-13-27(25)31-19-23(17-21)32-22;;;/h16-17,20,24-27H,1-15,18-19H2;2*1H;/q-4;;;+2/p-2/t24-,25?,26-,27?;;;/m1.../s1. The number of hydrogen-bond donors (Lipinski definition) is 0. The van der Waals surface area contributed by atoms with E-state index in [9.17, 15) is 0 Å². The van der Waals surface area contributed by atoms with Gasteiger partial charge in [0.1, 0.15) is 0 Å². The van der Waals surface area contributed by atoms with Gasteiger partial charge in [-0.05, 0) is 36.5 Å². The monoisotopic (exact) mass is 560 g/mol. The molecule has 0 spiro atoms. The van der Waals surface area contributed by atoms with Crippen molar-refractivity contribution >= 4 is 20.2 Å². The van der Waals surface area contributed by atoms with E-state index in [1.165, 1.54) is 89.0 Å². The van der Waals surface area contributed by atoms with E-state index >= 15 is 0 Å². The second-order valence-corrected chi connectivity index (χ2v) is 12.6. The summed E-state index contributed by atoms with van der Waals surface area (Å²) in [7, 11) is 9.59. The topological polar surface area (TPSA) is 69.3 Å². The first-order valence-electron chi connectivity index (χ1n) is 13.8. The van der Waals surface area contributed by atoms with E-state index in [4.69, 9.17) is 46.4 Å².